The van der Waals surface area contributed by atoms with Crippen LogP contribution in [0.3, 0.4) is 0 Å². The summed E-state index contributed by atoms with van der Waals surface area (Å²) in [6.07, 6.45) is 6.39. The molecule has 0 atom stereocenters. The van der Waals surface area contributed by atoms with Gasteiger partial charge in [0, 0.05) is 23.7 Å². The number of hydrogen-bond acceptors (Lipinski definition) is 7. The van der Waals surface area contributed by atoms with Gasteiger partial charge < -0.3 is 14.9 Å². The summed E-state index contributed by atoms with van der Waals surface area (Å²) in [4.78, 5) is 20.6. The van der Waals surface area contributed by atoms with Crippen LogP contribution in [-0.4, -0.2) is 44.2 Å². The number of nitrogens with one attached hydrogen (secondary N) is 2. The third-order valence-corrected chi connectivity index (χ3v) is 2.15. The summed E-state index contributed by atoms with van der Waals surface area (Å²) in [5, 5.41) is 21.3. The molecule has 0 unspecified atom stereocenters. The average Bonchev–Trinajstić information content (AvgIpc) is 2.99. The average molecular weight is 549 g/mol. The molecule has 0 aromatic carbocycles. The number of aromatic amines is 1. The van der Waals surface area contributed by atoms with Crippen LogP contribution in [0.25, 0.3) is 0 Å². The Bertz CT molecular complexity index is 693. The minimum atomic E-state index is -0.750. The molecule has 0 spiro atoms. The van der Waals surface area contributed by atoms with Crippen molar-refractivity contribution in [3.63, 3.8) is 0 Å². The first-order chi connectivity index (χ1) is 14.4. The number of aromatic nitrogens is 2. The Morgan fingerprint density at radius 1 is 1.14 bits per heavy atom. The quantitative estimate of drug-likeness (QED) is 0.0942. The molecule has 0 amide bonds. The summed E-state index contributed by atoms with van der Waals surface area (Å²) in [6, 6.07) is 1.52. The number of H-pyrrole nitrogens is 1. The van der Waals surface area contributed by atoms with Crippen LogP contribution in [0.1, 0.15) is 90.0 Å². The molecule has 0 radical (unpaired) electrons. The molecule has 0 fully saturated rings. The van der Waals surface area contributed by atoms with E-state index >= 15 is 0 Å². The predicted molar refractivity (Wildman–Crippen MR) is 142 cm³/mol. The molecule has 1 rings (SSSR count). The monoisotopic (exact) mass is 548 g/mol. The predicted octanol–water partition coefficient (Wildman–Crippen LogP) is -0.289. The summed E-state index contributed by atoms with van der Waals surface area (Å²) >= 11 is 0. The number of nitrogens with two attached hydrogens (primary N) is 1. The van der Waals surface area contributed by atoms with Crippen molar-refractivity contribution in [2.45, 2.75) is 112 Å². The number of aliphatic hydroxyl groups is 1. The van der Waals surface area contributed by atoms with Crippen molar-refractivity contribution in [3.8, 4) is 12.3 Å². The molecule has 204 valence electrons. The Balaban J connectivity index is -0.0000000764. The van der Waals surface area contributed by atoms with Gasteiger partial charge in [-0.15, -0.1) is 24.4 Å². The second-order valence-electron chi connectivity index (χ2n) is 10.9. The molecule has 11 heteroatoms. The molecular formula is C24H50ClKN4O5. The van der Waals surface area contributed by atoms with E-state index < -0.39 is 17.2 Å². The number of esters is 1. The maximum Gasteiger partial charge on any atom is 1.00 e. The van der Waals surface area contributed by atoms with Crippen LogP contribution >= 0.6 is 12.4 Å². The SMILES string of the molecule is C#CC(=O)OCC.CC(C)(C)NN.CC(C)(C)O.CC(C)(C)[O-].CC(C)(C)n1ccc(=O)[nH]1.Cl.[K+]. The van der Waals surface area contributed by atoms with Gasteiger partial charge in [0.15, 0.2) is 0 Å². The van der Waals surface area contributed by atoms with E-state index in [0.29, 0.717) is 6.61 Å². The Morgan fingerprint density at radius 2 is 1.46 bits per heavy atom. The van der Waals surface area contributed by atoms with E-state index in [9.17, 15) is 14.7 Å². The molecular weight excluding hydrogens is 499 g/mol. The van der Waals surface area contributed by atoms with Gasteiger partial charge in [-0.2, -0.15) is 0 Å². The van der Waals surface area contributed by atoms with Gasteiger partial charge in [-0.1, -0.05) is 20.8 Å². The molecule has 0 saturated carbocycles. The van der Waals surface area contributed by atoms with Crippen molar-refractivity contribution in [2.75, 3.05) is 6.61 Å². The molecule has 1 aromatic rings. The van der Waals surface area contributed by atoms with Crippen LogP contribution in [0.15, 0.2) is 17.1 Å². The summed E-state index contributed by atoms with van der Waals surface area (Å²) in [7, 11) is 0. The molecule has 0 aliphatic rings. The van der Waals surface area contributed by atoms with Crippen LogP contribution in [-0.2, 0) is 15.1 Å². The summed E-state index contributed by atoms with van der Waals surface area (Å²) in [5.74, 6) is 6.27. The Morgan fingerprint density at radius 3 is 1.54 bits per heavy atom. The van der Waals surface area contributed by atoms with Gasteiger partial charge in [-0.3, -0.25) is 25.8 Å². The Labute approximate surface area is 262 Å². The molecule has 5 N–H and O–H groups in total. The first kappa shape index (κ1) is 47.9. The van der Waals surface area contributed by atoms with Gasteiger partial charge in [-0.05, 0) is 69.2 Å². The van der Waals surface area contributed by atoms with Gasteiger partial charge in [-0.25, -0.2) is 4.79 Å². The van der Waals surface area contributed by atoms with Gasteiger partial charge in [0.25, 0.3) is 5.56 Å². The van der Waals surface area contributed by atoms with E-state index in [1.807, 2.05) is 41.5 Å². The zero-order valence-electron chi connectivity index (χ0n) is 24.5. The molecule has 0 aliphatic carbocycles. The zero-order chi connectivity index (χ0) is 27.7. The number of carbonyl (C=O) groups is 1. The van der Waals surface area contributed by atoms with Crippen molar-refractivity contribution in [1.82, 2.24) is 15.2 Å². The standard InChI is InChI=1S/C7H12N2O.C5H6O2.C4H12N2.C4H10O.C4H9O.ClH.K/c1-7(2,3)9-5-4-6(10)8-9;1-3-5(6)7-4-2;1-4(2,3)6-5;2*1-4(2,3)5;;/h4-5H,1-3H3,(H,8,10);1H,4H2,2H3;6H,5H2,1-3H3;5H,1-3H3;1-3H3;1H;/q;;;;-1;;+1. The number of ether oxygens (including phenoxy) is 1. The summed E-state index contributed by atoms with van der Waals surface area (Å²) in [6.45, 7) is 24.3. The third-order valence-electron chi connectivity index (χ3n) is 2.15. The Hall–Kier alpha value is -0.194. The minimum absolute atomic E-state index is 0. The van der Waals surface area contributed by atoms with Crippen LogP contribution in [0, 0.1) is 12.3 Å². The normalized spacial score (nSPS) is 10.3. The number of halogens is 1. The number of rotatable bonds is 1. The maximum absolute atomic E-state index is 10.7. The number of carbonyl (C=O) groups excluding carboxylic acids is 1. The van der Waals surface area contributed by atoms with Gasteiger partial charge >= 0.3 is 57.4 Å². The number of nitrogens with zero attached hydrogens (tertiary/aromatic N) is 1. The van der Waals surface area contributed by atoms with Crippen LogP contribution in [0.4, 0.5) is 0 Å². The van der Waals surface area contributed by atoms with Crippen LogP contribution in [0.2, 0.25) is 0 Å². The second-order valence-corrected chi connectivity index (χ2v) is 10.9. The number of hydrogen-bond donors (Lipinski definition) is 4. The maximum atomic E-state index is 10.7. The van der Waals surface area contributed by atoms with Crippen molar-refractivity contribution in [2.24, 2.45) is 5.84 Å². The minimum Gasteiger partial charge on any atom is -0.850 e. The topological polar surface area (TPSA) is 145 Å². The molecule has 1 aromatic heterocycles. The first-order valence-corrected chi connectivity index (χ1v) is 10.7. The van der Waals surface area contributed by atoms with Crippen LogP contribution < -0.4 is 73.3 Å². The van der Waals surface area contributed by atoms with E-state index in [1.54, 1.807) is 65.3 Å². The molecule has 0 saturated heterocycles. The van der Waals surface area contributed by atoms with E-state index in [1.165, 1.54) is 6.07 Å². The fourth-order valence-electron chi connectivity index (χ4n) is 0.900. The fraction of sp³-hybridized carbons (Fsp3) is 0.750. The number of hydrazine groups is 1. The van der Waals surface area contributed by atoms with Crippen molar-refractivity contribution in [1.29, 1.82) is 0 Å². The summed E-state index contributed by atoms with van der Waals surface area (Å²) < 4.78 is 6.10. The molecule has 9 nitrogen and oxygen atoms in total. The largest absolute Gasteiger partial charge is 1.00 e. The van der Waals surface area contributed by atoms with E-state index in [2.05, 4.69) is 21.7 Å². The Kier molecular flexibility index (Phi) is 31.4. The fourth-order valence-corrected chi connectivity index (χ4v) is 0.900. The molecule has 0 bridgehead atoms. The van der Waals surface area contributed by atoms with Gasteiger partial charge in [0.05, 0.1) is 17.7 Å². The molecule has 1 heterocycles. The molecule has 35 heavy (non-hydrogen) atoms. The molecule has 0 aliphatic heterocycles. The number of terminal acetylenes is 1. The van der Waals surface area contributed by atoms with Crippen molar-refractivity contribution >= 4 is 18.4 Å². The van der Waals surface area contributed by atoms with Gasteiger partial charge in [0.1, 0.15) is 0 Å². The van der Waals surface area contributed by atoms with E-state index in [-0.39, 0.29) is 80.4 Å². The van der Waals surface area contributed by atoms with E-state index in [4.69, 9.17) is 10.9 Å². The third kappa shape index (κ3) is 65.8. The zero-order valence-corrected chi connectivity index (χ0v) is 28.4. The van der Waals surface area contributed by atoms with Gasteiger partial charge in [0.2, 0.25) is 0 Å². The first-order valence-electron chi connectivity index (χ1n) is 10.7. The van der Waals surface area contributed by atoms with Crippen LogP contribution in [0.5, 0.6) is 0 Å². The van der Waals surface area contributed by atoms with E-state index in [0.717, 1.165) is 0 Å². The van der Waals surface area contributed by atoms with Crippen molar-refractivity contribution < 1.29 is 71.1 Å². The summed E-state index contributed by atoms with van der Waals surface area (Å²) in [5.41, 5.74) is 1.35. The second kappa shape index (κ2) is 23.0. The smallest absolute Gasteiger partial charge is 0.850 e. The van der Waals surface area contributed by atoms with Crippen molar-refractivity contribution in [3.05, 3.63) is 22.6 Å².